The summed E-state index contributed by atoms with van der Waals surface area (Å²) in [7, 11) is 4.86. The van der Waals surface area contributed by atoms with Gasteiger partial charge in [0.25, 0.3) is 0 Å². The van der Waals surface area contributed by atoms with Crippen molar-refractivity contribution in [1.29, 1.82) is 0 Å². The lowest BCUT2D eigenvalue weighted by Gasteiger charge is -2.29. The van der Waals surface area contributed by atoms with E-state index >= 15 is 0 Å². The Balaban J connectivity index is 1.45. The molecule has 5 rings (SSSR count). The van der Waals surface area contributed by atoms with Crippen LogP contribution in [0.15, 0.2) is 63.8 Å². The minimum Gasteiger partial charge on any atom is -0.496 e. The molecule has 1 aromatic heterocycles. The van der Waals surface area contributed by atoms with Gasteiger partial charge in [-0.25, -0.2) is 0 Å². The number of benzene rings is 3. The second-order valence-corrected chi connectivity index (χ2v) is 8.75. The smallest absolute Gasteiger partial charge is 0.200 e. The molecule has 0 bridgehead atoms. The van der Waals surface area contributed by atoms with Crippen LogP contribution < -0.4 is 24.4 Å². The number of fused-ring (bicyclic) bond motifs is 3. The first-order valence-electron chi connectivity index (χ1n) is 11.8. The molecule has 0 saturated carbocycles. The molecule has 0 unspecified atom stereocenters. The normalized spacial score (nSPS) is 13.2. The van der Waals surface area contributed by atoms with Crippen LogP contribution in [0.1, 0.15) is 16.9 Å². The van der Waals surface area contributed by atoms with Crippen LogP contribution in [-0.4, -0.2) is 39.5 Å². The average Bonchev–Trinajstić information content (AvgIpc) is 2.91. The first-order chi connectivity index (χ1) is 17.5. The summed E-state index contributed by atoms with van der Waals surface area (Å²) in [5, 5.41) is 0.533. The summed E-state index contributed by atoms with van der Waals surface area (Å²) in [6, 6.07) is 17.1. The Kier molecular flexibility index (Phi) is 6.57. The molecule has 2 heterocycles. The molecule has 36 heavy (non-hydrogen) atoms. The topological polar surface area (TPSA) is 70.4 Å². The van der Waals surface area contributed by atoms with E-state index in [9.17, 15) is 4.79 Å². The fourth-order valence-corrected chi connectivity index (χ4v) is 4.75. The molecule has 0 radical (unpaired) electrons. The highest BCUT2D eigenvalue weighted by Gasteiger charge is 2.24. The molecule has 7 nitrogen and oxygen atoms in total. The van der Waals surface area contributed by atoms with E-state index in [0.29, 0.717) is 52.8 Å². The molecule has 0 fully saturated rings. The third-order valence-corrected chi connectivity index (χ3v) is 6.62. The Morgan fingerprint density at radius 1 is 0.917 bits per heavy atom. The lowest BCUT2D eigenvalue weighted by atomic mass is 9.99. The first-order valence-corrected chi connectivity index (χ1v) is 11.8. The van der Waals surface area contributed by atoms with E-state index in [0.717, 1.165) is 35.4 Å². The highest BCUT2D eigenvalue weighted by molar-refractivity contribution is 5.87. The minimum atomic E-state index is -0.0801. The van der Waals surface area contributed by atoms with Crippen molar-refractivity contribution in [3.8, 4) is 34.1 Å². The van der Waals surface area contributed by atoms with Gasteiger partial charge in [-0.3, -0.25) is 9.69 Å². The van der Waals surface area contributed by atoms with E-state index in [1.165, 1.54) is 0 Å². The standard InChI is InChI=1S/C29H29NO6/c1-18-27(20-7-5-6-8-23(20)32-2)28(31)21-10-12-24-22(29(21)36-18)16-30(17-35-24)14-13-19-9-11-25(33-3)26(15-19)34-4/h5-12,15H,13-14,16-17H2,1-4H3. The maximum absolute atomic E-state index is 13.6. The molecule has 186 valence electrons. The lowest BCUT2D eigenvalue weighted by Crippen LogP contribution is -2.33. The summed E-state index contributed by atoms with van der Waals surface area (Å²) >= 11 is 0. The molecule has 0 spiro atoms. The highest BCUT2D eigenvalue weighted by atomic mass is 16.5. The third-order valence-electron chi connectivity index (χ3n) is 6.62. The van der Waals surface area contributed by atoms with Crippen molar-refractivity contribution < 1.29 is 23.4 Å². The van der Waals surface area contributed by atoms with Gasteiger partial charge in [0.2, 0.25) is 5.43 Å². The van der Waals surface area contributed by atoms with Crippen molar-refractivity contribution in [3.05, 3.63) is 81.7 Å². The largest absolute Gasteiger partial charge is 0.496 e. The molecule has 1 aliphatic rings. The quantitative estimate of drug-likeness (QED) is 0.355. The Bertz CT molecular complexity index is 1480. The van der Waals surface area contributed by atoms with Crippen molar-refractivity contribution in [3.63, 3.8) is 0 Å². The van der Waals surface area contributed by atoms with Crippen LogP contribution in [0.2, 0.25) is 0 Å². The van der Waals surface area contributed by atoms with Crippen LogP contribution in [0.25, 0.3) is 22.1 Å². The Hall–Kier alpha value is -3.97. The fourth-order valence-electron chi connectivity index (χ4n) is 4.75. The van der Waals surface area contributed by atoms with Crippen molar-refractivity contribution in [2.75, 3.05) is 34.6 Å². The van der Waals surface area contributed by atoms with Gasteiger partial charge in [-0.2, -0.15) is 0 Å². The molecule has 3 aromatic carbocycles. The molecule has 4 aromatic rings. The summed E-state index contributed by atoms with van der Waals surface area (Å²) in [4.78, 5) is 15.8. The van der Waals surface area contributed by atoms with Gasteiger partial charge < -0.3 is 23.4 Å². The van der Waals surface area contributed by atoms with Crippen molar-refractivity contribution in [1.82, 2.24) is 4.90 Å². The number of aryl methyl sites for hydroxylation is 1. The molecule has 0 amide bonds. The molecule has 0 atom stereocenters. The maximum Gasteiger partial charge on any atom is 0.200 e. The van der Waals surface area contributed by atoms with Crippen LogP contribution in [-0.2, 0) is 13.0 Å². The summed E-state index contributed by atoms with van der Waals surface area (Å²) in [5.74, 6) is 3.35. The third kappa shape index (κ3) is 4.27. The van der Waals surface area contributed by atoms with E-state index in [1.54, 1.807) is 27.4 Å². The van der Waals surface area contributed by atoms with Gasteiger partial charge in [0.1, 0.15) is 29.6 Å². The van der Waals surface area contributed by atoms with Crippen LogP contribution in [0.3, 0.4) is 0 Å². The summed E-state index contributed by atoms with van der Waals surface area (Å²) in [6.45, 7) is 3.68. The van der Waals surface area contributed by atoms with Gasteiger partial charge in [0, 0.05) is 18.7 Å². The van der Waals surface area contributed by atoms with E-state index < -0.39 is 0 Å². The van der Waals surface area contributed by atoms with Gasteiger partial charge in [-0.15, -0.1) is 0 Å². The average molecular weight is 488 g/mol. The highest BCUT2D eigenvalue weighted by Crippen LogP contribution is 2.36. The Morgan fingerprint density at radius 3 is 2.47 bits per heavy atom. The number of hydrogen-bond acceptors (Lipinski definition) is 7. The second-order valence-electron chi connectivity index (χ2n) is 8.75. The van der Waals surface area contributed by atoms with E-state index in [4.69, 9.17) is 23.4 Å². The predicted molar refractivity (Wildman–Crippen MR) is 138 cm³/mol. The van der Waals surface area contributed by atoms with Gasteiger partial charge in [0.05, 0.1) is 37.8 Å². The number of hydrogen-bond donors (Lipinski definition) is 0. The zero-order valence-corrected chi connectivity index (χ0v) is 20.9. The molecular weight excluding hydrogens is 458 g/mol. The minimum absolute atomic E-state index is 0.0801. The van der Waals surface area contributed by atoms with E-state index in [2.05, 4.69) is 4.90 Å². The van der Waals surface area contributed by atoms with Crippen molar-refractivity contribution >= 4 is 11.0 Å². The number of ether oxygens (including phenoxy) is 4. The molecule has 0 N–H and O–H groups in total. The van der Waals surface area contributed by atoms with Gasteiger partial charge >= 0.3 is 0 Å². The lowest BCUT2D eigenvalue weighted by molar-refractivity contribution is 0.0968. The summed E-state index contributed by atoms with van der Waals surface area (Å²) in [6.07, 6.45) is 0.810. The maximum atomic E-state index is 13.6. The van der Waals surface area contributed by atoms with E-state index in [-0.39, 0.29) is 5.43 Å². The van der Waals surface area contributed by atoms with Gasteiger partial charge in [0.15, 0.2) is 11.5 Å². The Morgan fingerprint density at radius 2 is 1.69 bits per heavy atom. The van der Waals surface area contributed by atoms with Crippen LogP contribution in [0.4, 0.5) is 0 Å². The van der Waals surface area contributed by atoms with Crippen molar-refractivity contribution in [2.24, 2.45) is 0 Å². The van der Waals surface area contributed by atoms with E-state index in [1.807, 2.05) is 55.5 Å². The second kappa shape index (κ2) is 9.95. The monoisotopic (exact) mass is 487 g/mol. The number of methoxy groups -OCH3 is 3. The summed E-state index contributed by atoms with van der Waals surface area (Å²) < 4.78 is 28.6. The molecular formula is C29H29NO6. The first kappa shape index (κ1) is 23.8. The van der Waals surface area contributed by atoms with Crippen LogP contribution >= 0.6 is 0 Å². The molecule has 0 aliphatic carbocycles. The summed E-state index contributed by atoms with van der Waals surface area (Å²) in [5.41, 5.74) is 3.76. The SMILES string of the molecule is COc1ccc(CCN2COc3ccc4c(=O)c(-c5ccccc5OC)c(C)oc4c3C2)cc1OC. The predicted octanol–water partition coefficient (Wildman–Crippen LogP) is 5.19. The van der Waals surface area contributed by atoms with Crippen molar-refractivity contribution in [2.45, 2.75) is 19.9 Å². The zero-order valence-electron chi connectivity index (χ0n) is 20.9. The van der Waals surface area contributed by atoms with Crippen LogP contribution in [0, 0.1) is 6.92 Å². The van der Waals surface area contributed by atoms with Crippen LogP contribution in [0.5, 0.6) is 23.0 Å². The molecule has 0 saturated heterocycles. The number of rotatable bonds is 7. The number of nitrogens with zero attached hydrogens (tertiary/aromatic N) is 1. The zero-order chi connectivity index (χ0) is 25.2. The Labute approximate surface area is 209 Å². The van der Waals surface area contributed by atoms with Gasteiger partial charge in [-0.05, 0) is 49.2 Å². The fraction of sp³-hybridized carbons (Fsp3) is 0.276. The molecule has 7 heteroatoms. The number of para-hydroxylation sites is 1. The molecule has 1 aliphatic heterocycles. The van der Waals surface area contributed by atoms with Gasteiger partial charge in [-0.1, -0.05) is 24.3 Å².